The molecule has 2 N–H and O–H groups in total. The van der Waals surface area contributed by atoms with E-state index < -0.39 is 0 Å². The molecule has 1 aliphatic carbocycles. The van der Waals surface area contributed by atoms with Crippen molar-refractivity contribution in [2.24, 2.45) is 5.73 Å². The molecule has 0 amide bonds. The Bertz CT molecular complexity index is 415. The largest absolute Gasteiger partial charge is 0.490 e. The second-order valence-corrected chi connectivity index (χ2v) is 5.92. The molecule has 1 aromatic carbocycles. The topological polar surface area (TPSA) is 38.5 Å². The Kier molecular flexibility index (Phi) is 4.04. The van der Waals surface area contributed by atoms with Crippen molar-refractivity contribution >= 4 is 0 Å². The number of nitrogens with two attached hydrogens (primary N) is 1. The van der Waals surface area contributed by atoms with E-state index >= 15 is 0 Å². The zero-order valence-corrected chi connectivity index (χ0v) is 11.6. The van der Waals surface area contributed by atoms with Crippen LogP contribution in [-0.4, -0.2) is 30.1 Å². The first-order valence-electron chi connectivity index (χ1n) is 7.54. The van der Waals surface area contributed by atoms with Crippen LogP contribution in [0.15, 0.2) is 24.3 Å². The molecular weight excluding hydrogens is 236 g/mol. The quantitative estimate of drug-likeness (QED) is 0.904. The predicted octanol–water partition coefficient (Wildman–Crippen LogP) is 2.54. The van der Waals surface area contributed by atoms with E-state index in [0.29, 0.717) is 12.1 Å². The van der Waals surface area contributed by atoms with E-state index in [1.54, 1.807) is 0 Å². The van der Waals surface area contributed by atoms with Gasteiger partial charge in [0.1, 0.15) is 5.75 Å². The number of benzene rings is 1. The highest BCUT2D eigenvalue weighted by molar-refractivity contribution is 5.33. The van der Waals surface area contributed by atoms with Gasteiger partial charge in [-0.2, -0.15) is 0 Å². The summed E-state index contributed by atoms with van der Waals surface area (Å²) in [7, 11) is 0. The van der Waals surface area contributed by atoms with Crippen molar-refractivity contribution in [1.29, 1.82) is 0 Å². The fourth-order valence-electron chi connectivity index (χ4n) is 3.18. The molecule has 1 heterocycles. The third-order valence-electron chi connectivity index (χ3n) is 4.27. The Morgan fingerprint density at radius 3 is 2.68 bits per heavy atom. The number of para-hydroxylation sites is 1. The molecule has 3 heteroatoms. The lowest BCUT2D eigenvalue weighted by atomic mass is 10.2. The summed E-state index contributed by atoms with van der Waals surface area (Å²) in [4.78, 5) is 2.43. The van der Waals surface area contributed by atoms with Crippen molar-refractivity contribution in [3.8, 4) is 5.75 Å². The maximum Gasteiger partial charge on any atom is 0.124 e. The van der Waals surface area contributed by atoms with E-state index in [1.165, 1.54) is 31.2 Å². The van der Waals surface area contributed by atoms with Gasteiger partial charge in [-0.15, -0.1) is 0 Å². The third-order valence-corrected chi connectivity index (χ3v) is 4.27. The van der Waals surface area contributed by atoms with Crippen LogP contribution in [0.1, 0.15) is 37.7 Å². The number of likely N-dealkylation sites (tertiary alicyclic amines) is 1. The minimum Gasteiger partial charge on any atom is -0.490 e. The van der Waals surface area contributed by atoms with E-state index in [9.17, 15) is 0 Å². The normalized spacial score (nSPS) is 25.0. The number of rotatable bonds is 4. The predicted molar refractivity (Wildman–Crippen MR) is 77.2 cm³/mol. The summed E-state index contributed by atoms with van der Waals surface area (Å²) in [5, 5.41) is 0. The van der Waals surface area contributed by atoms with Gasteiger partial charge < -0.3 is 10.5 Å². The molecule has 3 nitrogen and oxygen atoms in total. The van der Waals surface area contributed by atoms with Gasteiger partial charge in [0.2, 0.25) is 0 Å². The lowest BCUT2D eigenvalue weighted by molar-refractivity contribution is 0.204. The molecular formula is C16H24N2O. The van der Waals surface area contributed by atoms with Crippen LogP contribution in [0.25, 0.3) is 0 Å². The molecule has 1 aromatic rings. The van der Waals surface area contributed by atoms with Crippen molar-refractivity contribution in [3.63, 3.8) is 0 Å². The molecule has 0 aromatic heterocycles. The lowest BCUT2D eigenvalue weighted by Gasteiger charge is -2.20. The van der Waals surface area contributed by atoms with Gasteiger partial charge in [-0.05, 0) is 38.2 Å². The zero-order chi connectivity index (χ0) is 13.1. The molecule has 2 aliphatic rings. The molecule has 1 aliphatic heterocycles. The van der Waals surface area contributed by atoms with E-state index in [2.05, 4.69) is 29.2 Å². The summed E-state index contributed by atoms with van der Waals surface area (Å²) in [6.07, 6.45) is 6.60. The monoisotopic (exact) mass is 260 g/mol. The molecule has 2 fully saturated rings. The molecule has 19 heavy (non-hydrogen) atoms. The molecule has 1 saturated carbocycles. The van der Waals surface area contributed by atoms with Gasteiger partial charge in [-0.1, -0.05) is 18.2 Å². The van der Waals surface area contributed by atoms with Gasteiger partial charge in [0.25, 0.3) is 0 Å². The summed E-state index contributed by atoms with van der Waals surface area (Å²) in [5.74, 6) is 1.08. The first-order valence-corrected chi connectivity index (χ1v) is 7.54. The Morgan fingerprint density at radius 1 is 1.16 bits per heavy atom. The van der Waals surface area contributed by atoms with Crippen molar-refractivity contribution < 1.29 is 4.74 Å². The van der Waals surface area contributed by atoms with Gasteiger partial charge in [0, 0.05) is 31.2 Å². The van der Waals surface area contributed by atoms with Crippen LogP contribution < -0.4 is 10.5 Å². The van der Waals surface area contributed by atoms with Crippen LogP contribution >= 0.6 is 0 Å². The molecule has 0 radical (unpaired) electrons. The number of hydrogen-bond donors (Lipinski definition) is 1. The van der Waals surface area contributed by atoms with Crippen LogP contribution in [0, 0.1) is 0 Å². The van der Waals surface area contributed by atoms with E-state index in [-0.39, 0.29) is 0 Å². The summed E-state index contributed by atoms with van der Waals surface area (Å²) in [6, 6.07) is 8.83. The molecule has 1 unspecified atom stereocenters. The van der Waals surface area contributed by atoms with Gasteiger partial charge in [0.05, 0.1) is 6.10 Å². The van der Waals surface area contributed by atoms with Gasteiger partial charge in [-0.3, -0.25) is 4.90 Å². The number of hydrogen-bond acceptors (Lipinski definition) is 3. The Balaban J connectivity index is 1.66. The average molecular weight is 260 g/mol. The van der Waals surface area contributed by atoms with Crippen molar-refractivity contribution in [3.05, 3.63) is 29.8 Å². The first-order chi connectivity index (χ1) is 9.31. The molecule has 3 rings (SSSR count). The van der Waals surface area contributed by atoms with E-state index in [0.717, 1.165) is 31.8 Å². The minimum absolute atomic E-state index is 0.350. The van der Waals surface area contributed by atoms with Gasteiger partial charge in [0.15, 0.2) is 0 Å². The summed E-state index contributed by atoms with van der Waals surface area (Å²) >= 11 is 0. The molecule has 1 atom stereocenters. The molecule has 0 spiro atoms. The number of ether oxygens (including phenoxy) is 1. The summed E-state index contributed by atoms with van der Waals surface area (Å²) in [5.41, 5.74) is 7.28. The second kappa shape index (κ2) is 5.93. The highest BCUT2D eigenvalue weighted by atomic mass is 16.5. The van der Waals surface area contributed by atoms with Crippen LogP contribution in [0.3, 0.4) is 0 Å². The standard InChI is InChI=1S/C16H24N2O/c17-14-9-10-18(12-14)11-13-5-1-4-8-16(13)19-15-6-2-3-7-15/h1,4-5,8,14-15H,2-3,6-7,9-12,17H2. The maximum atomic E-state index is 6.19. The molecule has 1 saturated heterocycles. The van der Waals surface area contributed by atoms with Crippen LogP contribution in [0.5, 0.6) is 5.75 Å². The highest BCUT2D eigenvalue weighted by Crippen LogP contribution is 2.27. The SMILES string of the molecule is NC1CCN(Cc2ccccc2OC2CCCC2)C1. The fraction of sp³-hybridized carbons (Fsp3) is 0.625. The molecule has 0 bridgehead atoms. The van der Waals surface area contributed by atoms with Crippen molar-refractivity contribution in [2.45, 2.75) is 50.8 Å². The van der Waals surface area contributed by atoms with Crippen molar-refractivity contribution in [1.82, 2.24) is 4.90 Å². The minimum atomic E-state index is 0.350. The van der Waals surface area contributed by atoms with Crippen LogP contribution in [0.4, 0.5) is 0 Å². The van der Waals surface area contributed by atoms with Gasteiger partial charge >= 0.3 is 0 Å². The van der Waals surface area contributed by atoms with E-state index in [4.69, 9.17) is 10.5 Å². The lowest BCUT2D eigenvalue weighted by Crippen LogP contribution is -2.26. The fourth-order valence-corrected chi connectivity index (χ4v) is 3.18. The third kappa shape index (κ3) is 3.28. The zero-order valence-electron chi connectivity index (χ0n) is 11.6. The maximum absolute atomic E-state index is 6.19. The van der Waals surface area contributed by atoms with Gasteiger partial charge in [-0.25, -0.2) is 0 Å². The number of nitrogens with zero attached hydrogens (tertiary/aromatic N) is 1. The smallest absolute Gasteiger partial charge is 0.124 e. The van der Waals surface area contributed by atoms with Crippen LogP contribution in [0.2, 0.25) is 0 Å². The first kappa shape index (κ1) is 12.9. The second-order valence-electron chi connectivity index (χ2n) is 5.92. The summed E-state index contributed by atoms with van der Waals surface area (Å²) < 4.78 is 6.19. The van der Waals surface area contributed by atoms with E-state index in [1.807, 2.05) is 0 Å². The Hall–Kier alpha value is -1.06. The highest BCUT2D eigenvalue weighted by Gasteiger charge is 2.21. The summed E-state index contributed by atoms with van der Waals surface area (Å²) in [6.45, 7) is 3.09. The Morgan fingerprint density at radius 2 is 1.95 bits per heavy atom. The Labute approximate surface area is 115 Å². The van der Waals surface area contributed by atoms with Crippen LogP contribution in [-0.2, 0) is 6.54 Å². The molecule has 104 valence electrons. The average Bonchev–Trinajstić information content (AvgIpc) is 3.04. The van der Waals surface area contributed by atoms with Crippen molar-refractivity contribution in [2.75, 3.05) is 13.1 Å².